The van der Waals surface area contributed by atoms with Crippen LogP contribution in [-0.4, -0.2) is 74.6 Å². The molecule has 220 valence electrons. The summed E-state index contributed by atoms with van der Waals surface area (Å²) in [5.41, 5.74) is 1.36. The number of ether oxygens (including phenoxy) is 2. The number of nitrogens with zero attached hydrogens (tertiary/aromatic N) is 2. The number of Topliss-reactive ketones (excluding diaryl/α,β-unsaturated/α-hetero) is 1. The number of imidazole rings is 1. The van der Waals surface area contributed by atoms with Crippen molar-refractivity contribution < 1.29 is 34.4 Å². The molecule has 1 amide bonds. The molecule has 0 saturated carbocycles. The van der Waals surface area contributed by atoms with Crippen molar-refractivity contribution in [3.05, 3.63) is 78.9 Å². The summed E-state index contributed by atoms with van der Waals surface area (Å²) in [4.78, 5) is 30.4. The predicted octanol–water partition coefficient (Wildman–Crippen LogP) is 2.18. The van der Waals surface area contributed by atoms with E-state index in [2.05, 4.69) is 16.9 Å². The van der Waals surface area contributed by atoms with E-state index in [0.717, 1.165) is 5.56 Å². The zero-order valence-electron chi connectivity index (χ0n) is 23.8. The minimum absolute atomic E-state index is 0.145. The Kier molecular flexibility index (Phi) is 13.4. The van der Waals surface area contributed by atoms with Gasteiger partial charge in [-0.05, 0) is 11.0 Å². The number of aromatic nitrogens is 2. The molecule has 1 aromatic heterocycles. The number of rotatable bonds is 17. The molecule has 0 unspecified atom stereocenters. The highest BCUT2D eigenvalue weighted by Crippen LogP contribution is 2.20. The topological polar surface area (TPSA) is 143 Å². The van der Waals surface area contributed by atoms with Crippen LogP contribution in [0.15, 0.2) is 67.7 Å². The number of carbonyl (C=O) groups excluding carboxylic acids is 2. The second kappa shape index (κ2) is 16.2. The van der Waals surface area contributed by atoms with Crippen molar-refractivity contribution >= 4 is 11.7 Å². The Balaban J connectivity index is 2.07. The summed E-state index contributed by atoms with van der Waals surface area (Å²) >= 11 is 0. The van der Waals surface area contributed by atoms with Crippen molar-refractivity contribution in [2.24, 2.45) is 11.3 Å². The molecule has 0 fully saturated rings. The Morgan fingerprint density at radius 3 is 2.48 bits per heavy atom. The number of aliphatic hydroxyl groups excluding tert-OH is 3. The third kappa shape index (κ3) is 11.1. The van der Waals surface area contributed by atoms with Gasteiger partial charge >= 0.3 is 0 Å². The second-order valence-corrected chi connectivity index (χ2v) is 10.8. The predicted molar refractivity (Wildman–Crippen MR) is 151 cm³/mol. The van der Waals surface area contributed by atoms with Crippen LogP contribution in [0.3, 0.4) is 0 Å². The molecule has 2 rings (SSSR count). The molecule has 0 radical (unpaired) electrons. The lowest BCUT2D eigenvalue weighted by Crippen LogP contribution is -2.49. The van der Waals surface area contributed by atoms with Crippen molar-refractivity contribution in [3.63, 3.8) is 0 Å². The number of methoxy groups -OCH3 is 1. The van der Waals surface area contributed by atoms with Crippen LogP contribution in [0.5, 0.6) is 0 Å². The molecule has 0 aliphatic rings. The normalized spacial score (nSPS) is 15.8. The summed E-state index contributed by atoms with van der Waals surface area (Å²) in [6.45, 7) is 10.3. The second-order valence-electron chi connectivity index (χ2n) is 10.8. The first-order valence-corrected chi connectivity index (χ1v) is 13.2. The summed E-state index contributed by atoms with van der Waals surface area (Å²) in [6, 6.07) is 9.75. The number of carbonyl (C=O) groups is 2. The Morgan fingerprint density at radius 2 is 1.85 bits per heavy atom. The lowest BCUT2D eigenvalue weighted by Gasteiger charge is -2.28. The van der Waals surface area contributed by atoms with Gasteiger partial charge in [-0.1, -0.05) is 69.3 Å². The fraction of sp³-hybridized carbons (Fsp3) is 0.500. The molecule has 10 nitrogen and oxygen atoms in total. The molecule has 5 atom stereocenters. The van der Waals surface area contributed by atoms with Gasteiger partial charge in [-0.3, -0.25) is 9.59 Å². The van der Waals surface area contributed by atoms with E-state index in [1.165, 1.54) is 19.3 Å². The number of benzene rings is 1. The number of allylic oxidation sites excluding steroid dienone is 1. The van der Waals surface area contributed by atoms with Gasteiger partial charge in [0.1, 0.15) is 31.1 Å². The summed E-state index contributed by atoms with van der Waals surface area (Å²) in [6.07, 6.45) is 1.54. The molecule has 0 bridgehead atoms. The molecule has 1 aromatic carbocycles. The van der Waals surface area contributed by atoms with Crippen LogP contribution >= 0.6 is 0 Å². The van der Waals surface area contributed by atoms with E-state index >= 15 is 0 Å². The lowest BCUT2D eigenvalue weighted by molar-refractivity contribution is -0.149. The summed E-state index contributed by atoms with van der Waals surface area (Å²) in [5.74, 6) is -1.81. The van der Waals surface area contributed by atoms with E-state index in [-0.39, 0.29) is 37.4 Å². The molecule has 0 saturated heterocycles. The van der Waals surface area contributed by atoms with Crippen molar-refractivity contribution in [2.75, 3.05) is 13.7 Å². The third-order valence-electron chi connectivity index (χ3n) is 6.11. The Morgan fingerprint density at radius 1 is 1.15 bits per heavy atom. The van der Waals surface area contributed by atoms with E-state index in [0.29, 0.717) is 12.3 Å². The maximum atomic E-state index is 13.2. The Bertz CT molecular complexity index is 1090. The highest BCUT2D eigenvalue weighted by molar-refractivity contribution is 5.89. The summed E-state index contributed by atoms with van der Waals surface area (Å²) < 4.78 is 12.7. The molecule has 40 heavy (non-hydrogen) atoms. The minimum Gasteiger partial charge on any atom is -0.387 e. The van der Waals surface area contributed by atoms with Gasteiger partial charge in [-0.2, -0.15) is 0 Å². The van der Waals surface area contributed by atoms with Crippen molar-refractivity contribution in [2.45, 2.75) is 71.4 Å². The van der Waals surface area contributed by atoms with Crippen LogP contribution < -0.4 is 5.32 Å². The van der Waals surface area contributed by atoms with Crippen LogP contribution in [0.4, 0.5) is 0 Å². The lowest BCUT2D eigenvalue weighted by atomic mass is 9.90. The van der Waals surface area contributed by atoms with Crippen LogP contribution in [0.25, 0.3) is 0 Å². The Labute approximate surface area is 236 Å². The van der Waals surface area contributed by atoms with E-state index < -0.39 is 36.1 Å². The maximum absolute atomic E-state index is 13.2. The minimum atomic E-state index is -1.71. The van der Waals surface area contributed by atoms with Gasteiger partial charge in [0.05, 0.1) is 24.5 Å². The van der Waals surface area contributed by atoms with Crippen LogP contribution in [0.2, 0.25) is 0 Å². The van der Waals surface area contributed by atoms with E-state index in [1.54, 1.807) is 23.2 Å². The van der Waals surface area contributed by atoms with Crippen LogP contribution in [0.1, 0.15) is 38.4 Å². The van der Waals surface area contributed by atoms with Gasteiger partial charge in [0, 0.05) is 32.7 Å². The van der Waals surface area contributed by atoms with Crippen LogP contribution in [0, 0.1) is 11.3 Å². The maximum Gasteiger partial charge on any atom is 0.224 e. The molecule has 0 aliphatic heterocycles. The van der Waals surface area contributed by atoms with Gasteiger partial charge in [0.25, 0.3) is 0 Å². The van der Waals surface area contributed by atoms with Gasteiger partial charge < -0.3 is 34.7 Å². The number of amides is 1. The fourth-order valence-electron chi connectivity index (χ4n) is 3.96. The zero-order chi connectivity index (χ0) is 29.7. The fourth-order valence-corrected chi connectivity index (χ4v) is 3.96. The first-order chi connectivity index (χ1) is 18.9. The SMILES string of the molecule is C=CCNC(=O)[C@@H](CC(=O)[C@H](OC)[C@H](O)[C@@H](O)[C@H](O)/C=C/C(C)(C)C)Cc1cn(COCc2ccccc2)cn1. The first-order valence-electron chi connectivity index (χ1n) is 13.2. The average molecular weight is 558 g/mol. The van der Waals surface area contributed by atoms with Crippen molar-refractivity contribution in [3.8, 4) is 0 Å². The van der Waals surface area contributed by atoms with Gasteiger partial charge in [0.15, 0.2) is 5.78 Å². The number of ketones is 1. The first kappa shape index (κ1) is 33.1. The summed E-state index contributed by atoms with van der Waals surface area (Å²) in [7, 11) is 1.22. The number of nitrogens with one attached hydrogen (secondary N) is 1. The smallest absolute Gasteiger partial charge is 0.224 e. The average Bonchev–Trinajstić information content (AvgIpc) is 3.37. The molecule has 0 aliphatic carbocycles. The Hall–Kier alpha value is -3.15. The van der Waals surface area contributed by atoms with E-state index in [1.807, 2.05) is 51.1 Å². The molecule has 2 aromatic rings. The van der Waals surface area contributed by atoms with E-state index in [4.69, 9.17) is 9.47 Å². The van der Waals surface area contributed by atoms with Gasteiger partial charge in [-0.15, -0.1) is 6.58 Å². The highest BCUT2D eigenvalue weighted by Gasteiger charge is 2.37. The van der Waals surface area contributed by atoms with Crippen molar-refractivity contribution in [1.29, 1.82) is 0 Å². The largest absolute Gasteiger partial charge is 0.387 e. The quantitative estimate of drug-likeness (QED) is 0.217. The highest BCUT2D eigenvalue weighted by atomic mass is 16.5. The molecule has 1 heterocycles. The molecule has 0 spiro atoms. The van der Waals surface area contributed by atoms with Gasteiger partial charge in [-0.25, -0.2) is 4.98 Å². The van der Waals surface area contributed by atoms with Crippen molar-refractivity contribution in [1.82, 2.24) is 14.9 Å². The zero-order valence-corrected chi connectivity index (χ0v) is 23.8. The van der Waals surface area contributed by atoms with E-state index in [9.17, 15) is 24.9 Å². The number of hydrogen-bond acceptors (Lipinski definition) is 8. The summed E-state index contributed by atoms with van der Waals surface area (Å²) in [5, 5.41) is 34.2. The number of aliphatic hydroxyl groups is 3. The third-order valence-corrected chi connectivity index (χ3v) is 6.11. The van der Waals surface area contributed by atoms with Gasteiger partial charge in [0.2, 0.25) is 5.91 Å². The molecular weight excluding hydrogens is 514 g/mol. The monoisotopic (exact) mass is 557 g/mol. The molecule has 4 N–H and O–H groups in total. The standard InChI is InChI=1S/C30H43N3O7/c1-6-14-31-29(38)22(15-23-17-33(19-32-23)20-40-18-21-10-8-7-9-11-21)16-25(35)28(39-5)27(37)26(36)24(34)12-13-30(2,3)4/h6-13,17,19,22,24,26-28,34,36-37H,1,14-16,18,20H2,2-5H3,(H,31,38)/b13-12+/t22-,24-,26+,27-,28+/m1/s1. The van der Waals surface area contributed by atoms with Crippen LogP contribution in [-0.2, 0) is 38.8 Å². The molecular formula is C30H43N3O7. The number of hydrogen-bond donors (Lipinski definition) is 4. The molecule has 10 heteroatoms.